The van der Waals surface area contributed by atoms with Crippen LogP contribution in [0, 0.1) is 22.7 Å². The van der Waals surface area contributed by atoms with Crippen LogP contribution in [-0.2, 0) is 39.9 Å². The first kappa shape index (κ1) is 40.2. The van der Waals surface area contributed by atoms with Gasteiger partial charge in [0.1, 0.15) is 12.2 Å². The lowest BCUT2D eigenvalue weighted by Gasteiger charge is -2.37. The number of rotatable bonds is 10. The van der Waals surface area contributed by atoms with Crippen molar-refractivity contribution in [1.29, 1.82) is 5.26 Å². The fourth-order valence-corrected chi connectivity index (χ4v) is 9.31. The molecule has 0 radical (unpaired) electrons. The van der Waals surface area contributed by atoms with Gasteiger partial charge in [0.25, 0.3) is 0 Å². The number of fused-ring (bicyclic) bond motifs is 2. The van der Waals surface area contributed by atoms with Crippen molar-refractivity contribution < 1.29 is 23.8 Å². The molecule has 2 aromatic carbocycles. The second-order valence-electron chi connectivity index (χ2n) is 17.9. The summed E-state index contributed by atoms with van der Waals surface area (Å²) in [6.45, 7) is 9.47. The maximum atomic E-state index is 11.8. The molecule has 2 saturated carbocycles. The molecule has 312 valence electrons. The molecule has 3 heterocycles. The zero-order valence-electron chi connectivity index (χ0n) is 34.5. The molecule has 4 aliphatic carbocycles. The molecular formula is C45H57N9O5. The number of hydrogen-bond acceptors (Lipinski definition) is 10. The minimum Gasteiger partial charge on any atom is -0.446 e. The van der Waals surface area contributed by atoms with Gasteiger partial charge in [0.2, 0.25) is 0 Å². The van der Waals surface area contributed by atoms with Gasteiger partial charge in [-0.05, 0) is 138 Å². The third-order valence-corrected chi connectivity index (χ3v) is 12.2. The number of aromatic nitrogens is 4. The van der Waals surface area contributed by atoms with Crippen molar-refractivity contribution in [2.75, 3.05) is 23.8 Å². The van der Waals surface area contributed by atoms with Crippen molar-refractivity contribution >= 4 is 35.2 Å². The molecule has 14 nitrogen and oxygen atoms in total. The molecular weight excluding hydrogens is 747 g/mol. The Bertz CT molecular complexity index is 2170. The molecule has 14 heteroatoms. The van der Waals surface area contributed by atoms with E-state index in [1.54, 1.807) is 0 Å². The number of nitriles is 1. The Morgan fingerprint density at radius 3 is 1.75 bits per heavy atom. The SMILES string of the molecule is CC(C)NC(=O)OC1CC[C@H](c2cc(Nc3ccc4c(c3)CC(C#N)C4)n[nH]2)C1.CC(C)NC(=O)O[C@@H]1CC[C@H](c2cc(Nc3ccc4c(c3)CC3(COC3)C4)n[nH]2)C1. The molecule has 5 atom stereocenters. The van der Waals surface area contributed by atoms with Crippen LogP contribution in [0.15, 0.2) is 48.5 Å². The predicted molar refractivity (Wildman–Crippen MR) is 224 cm³/mol. The van der Waals surface area contributed by atoms with Gasteiger partial charge < -0.3 is 35.5 Å². The van der Waals surface area contributed by atoms with E-state index >= 15 is 0 Å². The van der Waals surface area contributed by atoms with E-state index in [4.69, 9.17) is 19.5 Å². The highest BCUT2D eigenvalue weighted by Gasteiger charge is 2.43. The van der Waals surface area contributed by atoms with E-state index in [0.717, 1.165) is 112 Å². The number of nitrogens with one attached hydrogen (secondary N) is 6. The van der Waals surface area contributed by atoms with Gasteiger partial charge in [-0.1, -0.05) is 12.1 Å². The van der Waals surface area contributed by atoms with Gasteiger partial charge >= 0.3 is 12.2 Å². The third kappa shape index (κ3) is 9.84. The second kappa shape index (κ2) is 17.4. The van der Waals surface area contributed by atoms with E-state index in [2.05, 4.69) is 84.1 Å². The predicted octanol–water partition coefficient (Wildman–Crippen LogP) is 8.20. The molecule has 2 unspecified atom stereocenters. The zero-order chi connectivity index (χ0) is 41.1. The largest absolute Gasteiger partial charge is 0.446 e. The lowest BCUT2D eigenvalue weighted by molar-refractivity contribution is -0.106. The van der Waals surface area contributed by atoms with E-state index in [0.29, 0.717) is 17.3 Å². The smallest absolute Gasteiger partial charge is 0.407 e. The van der Waals surface area contributed by atoms with Gasteiger partial charge in [0, 0.05) is 64.2 Å². The Hall–Kier alpha value is -5.55. The van der Waals surface area contributed by atoms with Gasteiger partial charge in [-0.25, -0.2) is 9.59 Å². The Morgan fingerprint density at radius 2 is 1.24 bits per heavy atom. The Kier molecular flexibility index (Phi) is 11.8. The van der Waals surface area contributed by atoms with Crippen LogP contribution in [0.25, 0.3) is 0 Å². The summed E-state index contributed by atoms with van der Waals surface area (Å²) < 4.78 is 16.5. The summed E-state index contributed by atoms with van der Waals surface area (Å²) in [7, 11) is 0. The molecule has 2 amide bonds. The molecule has 1 saturated heterocycles. The summed E-state index contributed by atoms with van der Waals surface area (Å²) in [6.07, 6.45) is 8.50. The van der Waals surface area contributed by atoms with E-state index in [1.807, 2.05) is 39.8 Å². The molecule has 5 aliphatic rings. The average molecular weight is 804 g/mol. The number of hydrogen-bond donors (Lipinski definition) is 6. The Balaban J connectivity index is 0.000000164. The first-order valence-corrected chi connectivity index (χ1v) is 21.3. The van der Waals surface area contributed by atoms with Crippen molar-refractivity contribution in [1.82, 2.24) is 31.0 Å². The summed E-state index contributed by atoms with van der Waals surface area (Å²) in [6, 6.07) is 19.5. The topological polar surface area (TPSA) is 191 Å². The number of aromatic amines is 2. The third-order valence-electron chi connectivity index (χ3n) is 12.2. The number of ether oxygens (including phenoxy) is 3. The summed E-state index contributed by atoms with van der Waals surface area (Å²) in [4.78, 5) is 23.6. The first-order chi connectivity index (χ1) is 28.5. The monoisotopic (exact) mass is 803 g/mol. The lowest BCUT2D eigenvalue weighted by Crippen LogP contribution is -2.43. The molecule has 4 aromatic rings. The number of amides is 2. The summed E-state index contributed by atoms with van der Waals surface area (Å²) in [5, 5.41) is 36.6. The standard InChI is InChI=1S/C23H30N4O3.C22H27N5O2/c1-14(2)24-22(28)30-19-6-4-15(8-19)20-9-21(27-26-20)25-18-5-3-16-10-23(12-29-13-23)11-17(16)7-18;1-13(2)24-22(28)29-19-6-4-16(10-19)20-11-21(27-26-20)25-18-5-3-15-7-14(12-23)8-17(15)9-18/h3,5,7,9,14-15,19H,4,6,8,10-13H2,1-2H3,(H,24,28)(H2,25,26,27);3,5,9,11,13-14,16,19H,4,6-8,10H2,1-2H3,(H,24,28)(H2,25,26,27)/t15-,19+;14?,16-,19?/m00/s1. The van der Waals surface area contributed by atoms with Crippen LogP contribution >= 0.6 is 0 Å². The maximum absolute atomic E-state index is 11.8. The molecule has 6 N–H and O–H groups in total. The van der Waals surface area contributed by atoms with Crippen molar-refractivity contribution in [3.05, 3.63) is 82.2 Å². The lowest BCUT2D eigenvalue weighted by atomic mass is 9.83. The molecule has 3 fully saturated rings. The number of carbonyl (C=O) groups excluding carboxylic acids is 2. The van der Waals surface area contributed by atoms with Crippen molar-refractivity contribution in [2.24, 2.45) is 11.3 Å². The van der Waals surface area contributed by atoms with Gasteiger partial charge in [0.15, 0.2) is 11.6 Å². The fourth-order valence-electron chi connectivity index (χ4n) is 9.31. The number of H-pyrrole nitrogens is 2. The van der Waals surface area contributed by atoms with Crippen LogP contribution in [0.3, 0.4) is 0 Å². The highest BCUT2D eigenvalue weighted by Crippen LogP contribution is 2.44. The van der Waals surface area contributed by atoms with Crippen LogP contribution in [0.5, 0.6) is 0 Å². The number of anilines is 4. The second-order valence-corrected chi connectivity index (χ2v) is 17.9. The number of nitrogens with zero attached hydrogens (tertiary/aromatic N) is 3. The van der Waals surface area contributed by atoms with Crippen LogP contribution in [0.1, 0.15) is 112 Å². The molecule has 1 aliphatic heterocycles. The van der Waals surface area contributed by atoms with Crippen LogP contribution in [-0.4, -0.2) is 70.1 Å². The maximum Gasteiger partial charge on any atom is 0.407 e. The Morgan fingerprint density at radius 1 is 0.729 bits per heavy atom. The molecule has 1 spiro atoms. The minimum atomic E-state index is -0.340. The van der Waals surface area contributed by atoms with Crippen molar-refractivity contribution in [2.45, 2.75) is 128 Å². The highest BCUT2D eigenvalue weighted by molar-refractivity contribution is 5.68. The van der Waals surface area contributed by atoms with Gasteiger partial charge in [0.05, 0.1) is 25.2 Å². The molecule has 0 bridgehead atoms. The first-order valence-electron chi connectivity index (χ1n) is 21.3. The number of alkyl carbamates (subject to hydrolysis) is 2. The van der Waals surface area contributed by atoms with Gasteiger partial charge in [-0.15, -0.1) is 0 Å². The highest BCUT2D eigenvalue weighted by atomic mass is 16.6. The van der Waals surface area contributed by atoms with Crippen LogP contribution < -0.4 is 21.3 Å². The average Bonchev–Trinajstić information content (AvgIpc) is 4.03. The van der Waals surface area contributed by atoms with Gasteiger partial charge in [-0.3, -0.25) is 10.2 Å². The molecule has 59 heavy (non-hydrogen) atoms. The van der Waals surface area contributed by atoms with Crippen molar-refractivity contribution in [3.8, 4) is 6.07 Å². The van der Waals surface area contributed by atoms with E-state index in [9.17, 15) is 9.59 Å². The van der Waals surface area contributed by atoms with Crippen LogP contribution in [0.4, 0.5) is 32.6 Å². The Labute approximate surface area is 345 Å². The molecule has 9 rings (SSSR count). The summed E-state index contributed by atoms with van der Waals surface area (Å²) >= 11 is 0. The summed E-state index contributed by atoms with van der Waals surface area (Å²) in [5.41, 5.74) is 9.96. The summed E-state index contributed by atoms with van der Waals surface area (Å²) in [5.74, 6) is 2.34. The van der Waals surface area contributed by atoms with Crippen LogP contribution in [0.2, 0.25) is 0 Å². The number of carbonyl (C=O) groups is 2. The zero-order valence-corrected chi connectivity index (χ0v) is 34.5. The van der Waals surface area contributed by atoms with Gasteiger partial charge in [-0.2, -0.15) is 15.5 Å². The molecule has 2 aromatic heterocycles. The quantitative estimate of drug-likeness (QED) is 0.0911. The normalized spacial score (nSPS) is 23.4. The number of benzene rings is 2. The van der Waals surface area contributed by atoms with E-state index < -0.39 is 0 Å². The fraction of sp³-hybridized carbons (Fsp3) is 0.533. The van der Waals surface area contributed by atoms with E-state index in [-0.39, 0.29) is 42.4 Å². The minimum absolute atomic E-state index is 0.0343. The van der Waals surface area contributed by atoms with E-state index in [1.165, 1.54) is 22.3 Å². The van der Waals surface area contributed by atoms with Crippen molar-refractivity contribution in [3.63, 3.8) is 0 Å².